The zero-order valence-electron chi connectivity index (χ0n) is 7.41. The normalized spacial score (nSPS) is 25.5. The van der Waals surface area contributed by atoms with Crippen LogP contribution in [0.4, 0.5) is 0 Å². The zero-order chi connectivity index (χ0) is 8.97. The van der Waals surface area contributed by atoms with Crippen LogP contribution in [0.5, 0.6) is 0 Å². The number of hydrogen-bond donors (Lipinski definition) is 0. The molecule has 1 rings (SSSR count). The van der Waals surface area contributed by atoms with E-state index in [9.17, 15) is 4.79 Å². The molecule has 0 amide bonds. The summed E-state index contributed by atoms with van der Waals surface area (Å²) in [5.74, 6) is -0.191. The molecule has 0 aromatic carbocycles. The third-order valence-corrected chi connectivity index (χ3v) is 1.61. The average molecular weight is 174 g/mol. The summed E-state index contributed by atoms with van der Waals surface area (Å²) in [4.78, 5) is 10.6. The zero-order valence-corrected chi connectivity index (χ0v) is 7.41. The van der Waals surface area contributed by atoms with Crippen molar-refractivity contribution in [1.82, 2.24) is 0 Å². The minimum absolute atomic E-state index is 0.126. The highest BCUT2D eigenvalue weighted by Crippen LogP contribution is 2.12. The predicted molar refractivity (Wildman–Crippen MR) is 41.5 cm³/mol. The molecule has 0 N–H and O–H groups in total. The van der Waals surface area contributed by atoms with E-state index in [4.69, 9.17) is 14.2 Å². The van der Waals surface area contributed by atoms with Gasteiger partial charge in [0.25, 0.3) is 0 Å². The lowest BCUT2D eigenvalue weighted by molar-refractivity contribution is -0.156. The molecule has 0 spiro atoms. The van der Waals surface area contributed by atoms with Crippen LogP contribution in [-0.4, -0.2) is 31.6 Å². The summed E-state index contributed by atoms with van der Waals surface area (Å²) < 4.78 is 15.2. The summed E-state index contributed by atoms with van der Waals surface area (Å²) in [5, 5.41) is 0. The SMILES string of the molecule is CCOC(C)O[C@H]1COC(=O)C1. The van der Waals surface area contributed by atoms with Gasteiger partial charge in [-0.15, -0.1) is 0 Å². The highest BCUT2D eigenvalue weighted by atomic mass is 16.7. The fourth-order valence-corrected chi connectivity index (χ4v) is 1.12. The summed E-state index contributed by atoms with van der Waals surface area (Å²) in [7, 11) is 0. The summed E-state index contributed by atoms with van der Waals surface area (Å²) >= 11 is 0. The van der Waals surface area contributed by atoms with Gasteiger partial charge in [-0.2, -0.15) is 0 Å². The maximum atomic E-state index is 10.6. The van der Waals surface area contributed by atoms with Gasteiger partial charge in [0.15, 0.2) is 6.29 Å². The van der Waals surface area contributed by atoms with Gasteiger partial charge < -0.3 is 14.2 Å². The van der Waals surface area contributed by atoms with E-state index in [1.54, 1.807) is 0 Å². The van der Waals surface area contributed by atoms with Crippen LogP contribution >= 0.6 is 0 Å². The Kier molecular flexibility index (Phi) is 3.49. The Bertz CT molecular complexity index is 157. The molecule has 70 valence electrons. The highest BCUT2D eigenvalue weighted by molar-refractivity contribution is 5.71. The molecule has 0 aromatic heterocycles. The molecule has 1 unspecified atom stereocenters. The van der Waals surface area contributed by atoms with Crippen molar-refractivity contribution in [3.8, 4) is 0 Å². The van der Waals surface area contributed by atoms with Crippen molar-refractivity contribution in [3.63, 3.8) is 0 Å². The fourth-order valence-electron chi connectivity index (χ4n) is 1.12. The third-order valence-electron chi connectivity index (χ3n) is 1.61. The van der Waals surface area contributed by atoms with Crippen molar-refractivity contribution in [2.24, 2.45) is 0 Å². The second kappa shape index (κ2) is 4.42. The Morgan fingerprint density at radius 2 is 2.50 bits per heavy atom. The van der Waals surface area contributed by atoms with E-state index in [1.807, 2.05) is 13.8 Å². The first-order chi connectivity index (χ1) is 5.72. The lowest BCUT2D eigenvalue weighted by Gasteiger charge is -2.15. The predicted octanol–water partition coefficient (Wildman–Crippen LogP) is 0.701. The summed E-state index contributed by atoms with van der Waals surface area (Å²) in [5.41, 5.74) is 0. The van der Waals surface area contributed by atoms with Crippen molar-refractivity contribution < 1.29 is 19.0 Å². The second-order valence-electron chi connectivity index (χ2n) is 2.67. The Labute approximate surface area is 71.8 Å². The van der Waals surface area contributed by atoms with Gasteiger partial charge in [0.2, 0.25) is 0 Å². The molecule has 1 heterocycles. The van der Waals surface area contributed by atoms with E-state index in [0.717, 1.165) is 0 Å². The topological polar surface area (TPSA) is 44.8 Å². The van der Waals surface area contributed by atoms with Crippen LogP contribution in [0.25, 0.3) is 0 Å². The van der Waals surface area contributed by atoms with Gasteiger partial charge in [-0.25, -0.2) is 0 Å². The second-order valence-corrected chi connectivity index (χ2v) is 2.67. The molecule has 4 heteroatoms. The van der Waals surface area contributed by atoms with Gasteiger partial charge in [0, 0.05) is 6.61 Å². The van der Waals surface area contributed by atoms with Gasteiger partial charge in [-0.3, -0.25) is 4.79 Å². The maximum absolute atomic E-state index is 10.6. The van der Waals surface area contributed by atoms with Crippen LogP contribution in [0.15, 0.2) is 0 Å². The molecule has 1 aliphatic heterocycles. The van der Waals surface area contributed by atoms with Crippen LogP contribution in [0, 0.1) is 0 Å². The number of carbonyl (C=O) groups is 1. The molecule has 0 radical (unpaired) electrons. The largest absolute Gasteiger partial charge is 0.463 e. The van der Waals surface area contributed by atoms with Crippen LogP contribution in [-0.2, 0) is 19.0 Å². The lowest BCUT2D eigenvalue weighted by atomic mass is 10.3. The monoisotopic (exact) mass is 174 g/mol. The standard InChI is InChI=1S/C8H14O4/c1-3-10-6(2)12-7-4-8(9)11-5-7/h6-7H,3-5H2,1-2H3/t6?,7-/m1/s1. The molecule has 0 aliphatic carbocycles. The number of cyclic esters (lactones) is 1. The first-order valence-corrected chi connectivity index (χ1v) is 4.15. The van der Waals surface area contributed by atoms with Crippen molar-refractivity contribution in [1.29, 1.82) is 0 Å². The van der Waals surface area contributed by atoms with Crippen molar-refractivity contribution >= 4 is 5.97 Å². The lowest BCUT2D eigenvalue weighted by Crippen LogP contribution is -2.22. The van der Waals surface area contributed by atoms with E-state index < -0.39 is 0 Å². The number of carbonyl (C=O) groups excluding carboxylic acids is 1. The summed E-state index contributed by atoms with van der Waals surface area (Å²) in [6, 6.07) is 0. The molecule has 1 aliphatic rings. The molecule has 12 heavy (non-hydrogen) atoms. The first-order valence-electron chi connectivity index (χ1n) is 4.15. The molecule has 1 saturated heterocycles. The number of rotatable bonds is 4. The Morgan fingerprint density at radius 3 is 3.00 bits per heavy atom. The Balaban J connectivity index is 2.18. The molecule has 0 aromatic rings. The average Bonchev–Trinajstić information content (AvgIpc) is 2.36. The molecule has 4 nitrogen and oxygen atoms in total. The minimum atomic E-state index is -0.255. The quantitative estimate of drug-likeness (QED) is 0.465. The van der Waals surface area contributed by atoms with Crippen LogP contribution in [0.2, 0.25) is 0 Å². The van der Waals surface area contributed by atoms with Crippen molar-refractivity contribution in [2.45, 2.75) is 32.7 Å². The first kappa shape index (κ1) is 9.48. The van der Waals surface area contributed by atoms with E-state index in [2.05, 4.69) is 0 Å². The fraction of sp³-hybridized carbons (Fsp3) is 0.875. The molecule has 2 atom stereocenters. The summed E-state index contributed by atoms with van der Waals surface area (Å²) in [6.45, 7) is 4.68. The van der Waals surface area contributed by atoms with Gasteiger partial charge >= 0.3 is 5.97 Å². The van der Waals surface area contributed by atoms with Gasteiger partial charge in [0.05, 0.1) is 6.42 Å². The number of ether oxygens (including phenoxy) is 3. The van der Waals surface area contributed by atoms with E-state index in [1.165, 1.54) is 0 Å². The van der Waals surface area contributed by atoms with Gasteiger partial charge in [0.1, 0.15) is 12.7 Å². The smallest absolute Gasteiger partial charge is 0.308 e. The molecular formula is C8H14O4. The van der Waals surface area contributed by atoms with Gasteiger partial charge in [-0.05, 0) is 13.8 Å². The summed E-state index contributed by atoms with van der Waals surface area (Å²) in [6.07, 6.45) is -0.0363. The Hall–Kier alpha value is -0.610. The number of hydrogen-bond acceptors (Lipinski definition) is 4. The molecule has 1 fully saturated rings. The Morgan fingerprint density at radius 1 is 1.75 bits per heavy atom. The van der Waals surface area contributed by atoms with E-state index >= 15 is 0 Å². The van der Waals surface area contributed by atoms with Crippen LogP contribution in [0.3, 0.4) is 0 Å². The van der Waals surface area contributed by atoms with Gasteiger partial charge in [-0.1, -0.05) is 0 Å². The van der Waals surface area contributed by atoms with E-state index in [-0.39, 0.29) is 18.4 Å². The highest BCUT2D eigenvalue weighted by Gasteiger charge is 2.25. The van der Waals surface area contributed by atoms with Crippen LogP contribution in [0.1, 0.15) is 20.3 Å². The minimum Gasteiger partial charge on any atom is -0.463 e. The molecule has 0 bridgehead atoms. The molecular weight excluding hydrogens is 160 g/mol. The van der Waals surface area contributed by atoms with Crippen LogP contribution < -0.4 is 0 Å². The molecule has 0 saturated carbocycles. The van der Waals surface area contributed by atoms with E-state index in [0.29, 0.717) is 19.6 Å². The van der Waals surface area contributed by atoms with Crippen molar-refractivity contribution in [2.75, 3.05) is 13.2 Å². The third kappa shape index (κ3) is 2.79. The maximum Gasteiger partial charge on any atom is 0.308 e. The van der Waals surface area contributed by atoms with Crippen molar-refractivity contribution in [3.05, 3.63) is 0 Å². The number of esters is 1.